The summed E-state index contributed by atoms with van der Waals surface area (Å²) in [7, 11) is -3.23. The second-order valence-electron chi connectivity index (χ2n) is 5.83. The first-order valence-corrected chi connectivity index (χ1v) is 9.11. The molecular formula is C14H27NO5S. The number of hydrogen-bond acceptors (Lipinski definition) is 4. The highest BCUT2D eigenvalue weighted by molar-refractivity contribution is 7.91. The number of carboxylic acid groups (broad SMARTS) is 1. The van der Waals surface area contributed by atoms with Crippen molar-refractivity contribution in [3.63, 3.8) is 0 Å². The summed E-state index contributed by atoms with van der Waals surface area (Å²) in [6.07, 6.45) is 0.688. The molecule has 0 spiro atoms. The highest BCUT2D eigenvalue weighted by atomic mass is 32.2. The third-order valence-corrected chi connectivity index (χ3v) is 5.66. The molecule has 21 heavy (non-hydrogen) atoms. The van der Waals surface area contributed by atoms with Crippen LogP contribution in [-0.2, 0) is 19.4 Å². The fraction of sp³-hybridized carbons (Fsp3) is 0.857. The van der Waals surface area contributed by atoms with Gasteiger partial charge in [-0.1, -0.05) is 27.7 Å². The van der Waals surface area contributed by atoms with Crippen molar-refractivity contribution >= 4 is 21.7 Å². The average molecular weight is 321 g/mol. The molecule has 0 heterocycles. The molecule has 1 amide bonds. The maximum Gasteiger partial charge on any atom is 0.311 e. The number of carbonyl (C=O) groups excluding carboxylic acids is 1. The van der Waals surface area contributed by atoms with E-state index in [2.05, 4.69) is 5.32 Å². The van der Waals surface area contributed by atoms with Gasteiger partial charge >= 0.3 is 5.97 Å². The zero-order chi connectivity index (χ0) is 16.7. The van der Waals surface area contributed by atoms with Crippen LogP contribution in [0.25, 0.3) is 0 Å². The Balaban J connectivity index is 4.43. The molecule has 0 fully saturated rings. The number of amides is 1. The maximum absolute atomic E-state index is 11.7. The molecule has 124 valence electrons. The lowest BCUT2D eigenvalue weighted by Crippen LogP contribution is -2.42. The van der Waals surface area contributed by atoms with Crippen LogP contribution in [0, 0.1) is 11.3 Å². The molecule has 0 aliphatic rings. The van der Waals surface area contributed by atoms with Gasteiger partial charge in [-0.15, -0.1) is 0 Å². The first-order valence-electron chi connectivity index (χ1n) is 7.29. The Morgan fingerprint density at radius 3 is 2.10 bits per heavy atom. The van der Waals surface area contributed by atoms with Gasteiger partial charge in [-0.25, -0.2) is 8.42 Å². The molecule has 0 aliphatic carbocycles. The topological polar surface area (TPSA) is 101 Å². The third-order valence-electron chi connectivity index (χ3n) is 3.66. The number of carboxylic acids is 1. The molecule has 0 saturated heterocycles. The second kappa shape index (κ2) is 8.36. The zero-order valence-electron chi connectivity index (χ0n) is 13.3. The molecule has 0 bridgehead atoms. The van der Waals surface area contributed by atoms with Gasteiger partial charge in [-0.3, -0.25) is 9.59 Å². The van der Waals surface area contributed by atoms with Gasteiger partial charge in [0.15, 0.2) is 9.84 Å². The molecule has 0 atom stereocenters. The van der Waals surface area contributed by atoms with Crippen molar-refractivity contribution in [3.8, 4) is 0 Å². The summed E-state index contributed by atoms with van der Waals surface area (Å²) in [6, 6.07) is 0. The minimum atomic E-state index is -3.23. The Bertz CT molecular complexity index is 452. The summed E-state index contributed by atoms with van der Waals surface area (Å²) in [5.74, 6) is -1.48. The normalized spacial score (nSPS) is 12.4. The van der Waals surface area contributed by atoms with E-state index in [1.807, 2.05) is 0 Å². The van der Waals surface area contributed by atoms with Crippen LogP contribution < -0.4 is 5.32 Å². The quantitative estimate of drug-likeness (QED) is 0.634. The van der Waals surface area contributed by atoms with Crippen LogP contribution in [0.2, 0.25) is 0 Å². The monoisotopic (exact) mass is 321 g/mol. The van der Waals surface area contributed by atoms with Crippen molar-refractivity contribution in [1.29, 1.82) is 0 Å². The minimum Gasteiger partial charge on any atom is -0.481 e. The smallest absolute Gasteiger partial charge is 0.311 e. The molecule has 0 radical (unpaired) electrons. The van der Waals surface area contributed by atoms with E-state index < -0.39 is 27.1 Å². The number of carbonyl (C=O) groups is 2. The Morgan fingerprint density at radius 1 is 1.19 bits per heavy atom. The molecule has 0 aromatic rings. The van der Waals surface area contributed by atoms with Gasteiger partial charge in [0.1, 0.15) is 0 Å². The summed E-state index contributed by atoms with van der Waals surface area (Å²) in [6.45, 7) is 7.16. The predicted molar refractivity (Wildman–Crippen MR) is 81.8 cm³/mol. The Kier molecular flexibility index (Phi) is 7.92. The van der Waals surface area contributed by atoms with Crippen LogP contribution in [0.1, 0.15) is 47.0 Å². The predicted octanol–water partition coefficient (Wildman–Crippen LogP) is 1.45. The van der Waals surface area contributed by atoms with Gasteiger partial charge in [0.25, 0.3) is 0 Å². The highest BCUT2D eigenvalue weighted by Gasteiger charge is 2.35. The summed E-state index contributed by atoms with van der Waals surface area (Å²) in [4.78, 5) is 23.0. The molecule has 0 rings (SSSR count). The number of hydrogen-bond donors (Lipinski definition) is 2. The van der Waals surface area contributed by atoms with Crippen LogP contribution >= 0.6 is 0 Å². The van der Waals surface area contributed by atoms with Crippen molar-refractivity contribution in [2.24, 2.45) is 11.3 Å². The molecule has 0 aromatic heterocycles. The number of rotatable bonds is 10. The molecule has 6 nitrogen and oxygen atoms in total. The number of nitrogens with one attached hydrogen (secondary N) is 1. The Labute approximate surface area is 127 Å². The molecule has 0 aromatic carbocycles. The molecule has 7 heteroatoms. The summed E-state index contributed by atoms with van der Waals surface area (Å²) in [5.41, 5.74) is -0.980. The average Bonchev–Trinajstić information content (AvgIpc) is 2.36. The van der Waals surface area contributed by atoms with Gasteiger partial charge in [-0.2, -0.15) is 0 Å². The number of sulfone groups is 1. The number of aliphatic carboxylic acids is 1. The van der Waals surface area contributed by atoms with Crippen LogP contribution in [0.15, 0.2) is 0 Å². The van der Waals surface area contributed by atoms with Crippen LogP contribution in [0.3, 0.4) is 0 Å². The fourth-order valence-electron chi connectivity index (χ4n) is 2.07. The minimum absolute atomic E-state index is 0.0258. The Morgan fingerprint density at radius 2 is 1.71 bits per heavy atom. The zero-order valence-corrected chi connectivity index (χ0v) is 14.1. The van der Waals surface area contributed by atoms with Crippen molar-refractivity contribution < 1.29 is 23.1 Å². The summed E-state index contributed by atoms with van der Waals surface area (Å²) < 4.78 is 23.4. The van der Waals surface area contributed by atoms with Crippen LogP contribution in [-0.4, -0.2) is 43.5 Å². The van der Waals surface area contributed by atoms with E-state index in [1.54, 1.807) is 27.7 Å². The van der Waals surface area contributed by atoms with E-state index in [-0.39, 0.29) is 30.4 Å². The SMILES string of the molecule is CCC(CC)(CNC(=O)CCS(=O)(=O)CC(C)C)C(=O)O. The first kappa shape index (κ1) is 19.9. The van der Waals surface area contributed by atoms with Gasteiger partial charge < -0.3 is 10.4 Å². The van der Waals surface area contributed by atoms with Gasteiger partial charge in [0, 0.05) is 13.0 Å². The second-order valence-corrected chi connectivity index (χ2v) is 8.06. The van der Waals surface area contributed by atoms with E-state index in [0.29, 0.717) is 12.8 Å². The Hall–Kier alpha value is -1.11. The lowest BCUT2D eigenvalue weighted by molar-refractivity contribution is -0.149. The van der Waals surface area contributed by atoms with Gasteiger partial charge in [0.2, 0.25) is 5.91 Å². The molecule has 0 unspecified atom stereocenters. The fourth-order valence-corrected chi connectivity index (χ4v) is 3.75. The standard InChI is InChI=1S/C14H27NO5S/c1-5-14(6-2,13(17)18)10-15-12(16)7-8-21(19,20)9-11(3)4/h11H,5-10H2,1-4H3,(H,15,16)(H,17,18). The van der Waals surface area contributed by atoms with Gasteiger partial charge in [-0.05, 0) is 18.8 Å². The van der Waals surface area contributed by atoms with E-state index in [1.165, 1.54) is 0 Å². The first-order chi connectivity index (χ1) is 9.58. The third kappa shape index (κ3) is 6.93. The lowest BCUT2D eigenvalue weighted by Gasteiger charge is -2.26. The maximum atomic E-state index is 11.7. The molecule has 0 saturated carbocycles. The summed E-state index contributed by atoms with van der Waals surface area (Å²) >= 11 is 0. The van der Waals surface area contributed by atoms with Crippen LogP contribution in [0.5, 0.6) is 0 Å². The molecule has 2 N–H and O–H groups in total. The van der Waals surface area contributed by atoms with Gasteiger partial charge in [0.05, 0.1) is 16.9 Å². The lowest BCUT2D eigenvalue weighted by atomic mass is 9.82. The highest BCUT2D eigenvalue weighted by Crippen LogP contribution is 2.25. The van der Waals surface area contributed by atoms with Crippen molar-refractivity contribution in [2.75, 3.05) is 18.1 Å². The van der Waals surface area contributed by atoms with Crippen molar-refractivity contribution in [3.05, 3.63) is 0 Å². The molecule has 0 aliphatic heterocycles. The van der Waals surface area contributed by atoms with Crippen molar-refractivity contribution in [2.45, 2.75) is 47.0 Å². The van der Waals surface area contributed by atoms with E-state index in [9.17, 15) is 23.1 Å². The van der Waals surface area contributed by atoms with E-state index in [4.69, 9.17) is 0 Å². The largest absolute Gasteiger partial charge is 0.481 e. The summed E-state index contributed by atoms with van der Waals surface area (Å²) in [5, 5.41) is 11.8. The molecular weight excluding hydrogens is 294 g/mol. The van der Waals surface area contributed by atoms with Crippen LogP contribution in [0.4, 0.5) is 0 Å². The van der Waals surface area contributed by atoms with Crippen molar-refractivity contribution in [1.82, 2.24) is 5.32 Å². The van der Waals surface area contributed by atoms with E-state index in [0.717, 1.165) is 0 Å². The van der Waals surface area contributed by atoms with E-state index >= 15 is 0 Å².